The molecule has 3 N–H and O–H groups in total. The van der Waals surface area contributed by atoms with Gasteiger partial charge in [0.1, 0.15) is 6.67 Å². The largest absolute Gasteiger partial charge is 0.608 e. The van der Waals surface area contributed by atoms with Crippen LogP contribution in [0.5, 0.6) is 0 Å². The molecule has 2 aromatic rings. The van der Waals surface area contributed by atoms with Gasteiger partial charge in [0.15, 0.2) is 5.69 Å². The van der Waals surface area contributed by atoms with Crippen molar-refractivity contribution in [1.29, 1.82) is 0 Å². The molecule has 0 saturated carbocycles. The number of hydrazine groups is 1. The highest BCUT2D eigenvalue weighted by Gasteiger charge is 2.10. The fourth-order valence-corrected chi connectivity index (χ4v) is 2.65. The minimum absolute atomic E-state index is 0.0497. The maximum atomic E-state index is 12.1. The molecule has 0 aliphatic carbocycles. The Morgan fingerprint density at radius 1 is 0.909 bits per heavy atom. The first-order valence-electron chi connectivity index (χ1n) is 7.75. The Hall–Kier alpha value is -1.76. The number of quaternary nitrogens is 1. The number of hydrogen-bond acceptors (Lipinski definition) is 4. The molecule has 116 valence electrons. The lowest BCUT2D eigenvalue weighted by molar-refractivity contribution is -0.829. The van der Waals surface area contributed by atoms with Gasteiger partial charge in [-0.15, -0.1) is 5.43 Å². The van der Waals surface area contributed by atoms with Gasteiger partial charge in [0, 0.05) is 25.2 Å². The normalized spacial score (nSPS) is 16.8. The van der Waals surface area contributed by atoms with Gasteiger partial charge >= 0.3 is 0 Å². The fraction of sp³-hybridized carbons (Fsp3) is 0.294. The zero-order valence-electron chi connectivity index (χ0n) is 12.6. The van der Waals surface area contributed by atoms with E-state index >= 15 is 0 Å². The molecule has 1 atom stereocenters. The van der Waals surface area contributed by atoms with Crippen molar-refractivity contribution in [2.45, 2.75) is 12.8 Å². The molecule has 1 unspecified atom stereocenters. The second-order valence-electron chi connectivity index (χ2n) is 5.48. The van der Waals surface area contributed by atoms with Crippen LogP contribution in [0.1, 0.15) is 12.8 Å². The van der Waals surface area contributed by atoms with Crippen LogP contribution in [0, 0.1) is 5.21 Å². The topological polar surface area (TPSA) is 54.8 Å². The summed E-state index contributed by atoms with van der Waals surface area (Å²) in [6.45, 7) is 2.59. The van der Waals surface area contributed by atoms with Gasteiger partial charge in [-0.05, 0) is 36.1 Å². The molecule has 1 fully saturated rings. The Labute approximate surface area is 131 Å². The molecule has 1 aliphatic heterocycles. The van der Waals surface area contributed by atoms with Crippen LogP contribution in [0.2, 0.25) is 0 Å². The molecule has 0 spiro atoms. The summed E-state index contributed by atoms with van der Waals surface area (Å²) in [5.41, 5.74) is 9.07. The van der Waals surface area contributed by atoms with Gasteiger partial charge in [0.05, 0.1) is 0 Å². The van der Waals surface area contributed by atoms with E-state index in [2.05, 4.69) is 28.0 Å². The van der Waals surface area contributed by atoms with Crippen molar-refractivity contribution in [2.75, 3.05) is 19.8 Å². The summed E-state index contributed by atoms with van der Waals surface area (Å²) in [6, 6.07) is 17.9. The highest BCUT2D eigenvalue weighted by atomic mass is 16.5. The molecule has 22 heavy (non-hydrogen) atoms. The summed E-state index contributed by atoms with van der Waals surface area (Å²) >= 11 is 0. The summed E-state index contributed by atoms with van der Waals surface area (Å²) in [6.07, 6.45) is 2.45. The Kier molecular flexibility index (Phi) is 5.15. The summed E-state index contributed by atoms with van der Waals surface area (Å²) in [7, 11) is 0. The van der Waals surface area contributed by atoms with E-state index in [9.17, 15) is 5.21 Å². The Bertz CT molecular complexity index is 567. The lowest BCUT2D eigenvalue weighted by Crippen LogP contribution is -3.10. The van der Waals surface area contributed by atoms with Crippen LogP contribution in [0.25, 0.3) is 11.1 Å². The summed E-state index contributed by atoms with van der Waals surface area (Å²) in [4.78, 5) is 0. The highest BCUT2D eigenvalue weighted by Crippen LogP contribution is 2.19. The van der Waals surface area contributed by atoms with E-state index in [1.807, 2.05) is 42.5 Å². The van der Waals surface area contributed by atoms with Gasteiger partial charge in [0.25, 0.3) is 0 Å². The fourth-order valence-electron chi connectivity index (χ4n) is 2.65. The van der Waals surface area contributed by atoms with E-state index in [-0.39, 0.29) is 5.17 Å². The first-order chi connectivity index (χ1) is 10.8. The number of hydrogen-bond donors (Lipinski definition) is 3. The van der Waals surface area contributed by atoms with Crippen molar-refractivity contribution in [1.82, 2.24) is 15.9 Å². The van der Waals surface area contributed by atoms with Crippen molar-refractivity contribution in [3.05, 3.63) is 59.8 Å². The second kappa shape index (κ2) is 7.49. The van der Waals surface area contributed by atoms with E-state index in [1.165, 1.54) is 12.8 Å². The maximum Gasteiger partial charge on any atom is 0.150 e. The number of nitrogens with zero attached hydrogens (tertiary/aromatic N) is 1. The second-order valence-corrected chi connectivity index (χ2v) is 5.48. The minimum Gasteiger partial charge on any atom is -0.608 e. The molecule has 5 nitrogen and oxygen atoms in total. The molecule has 0 bridgehead atoms. The van der Waals surface area contributed by atoms with Crippen LogP contribution >= 0.6 is 0 Å². The summed E-state index contributed by atoms with van der Waals surface area (Å²) in [5.74, 6) is 0. The maximum absolute atomic E-state index is 12.1. The van der Waals surface area contributed by atoms with Gasteiger partial charge in [-0.25, -0.2) is 10.4 Å². The van der Waals surface area contributed by atoms with Crippen molar-refractivity contribution in [3.8, 4) is 11.1 Å². The number of benzene rings is 2. The smallest absolute Gasteiger partial charge is 0.150 e. The van der Waals surface area contributed by atoms with Gasteiger partial charge < -0.3 is 5.21 Å². The molecule has 1 aliphatic rings. The number of rotatable bonds is 6. The molecule has 0 aromatic heterocycles. The van der Waals surface area contributed by atoms with Crippen molar-refractivity contribution in [2.24, 2.45) is 0 Å². The predicted octanol–water partition coefficient (Wildman–Crippen LogP) is 1.43. The predicted molar refractivity (Wildman–Crippen MR) is 87.8 cm³/mol. The monoisotopic (exact) mass is 298 g/mol. The summed E-state index contributed by atoms with van der Waals surface area (Å²) in [5, 5.41) is 14.2. The summed E-state index contributed by atoms with van der Waals surface area (Å²) < 4.78 is 0. The first-order valence-corrected chi connectivity index (χ1v) is 7.75. The zero-order valence-corrected chi connectivity index (χ0v) is 12.6. The quantitative estimate of drug-likeness (QED) is 0.558. The van der Waals surface area contributed by atoms with Crippen LogP contribution in [0.15, 0.2) is 54.6 Å². The third-order valence-electron chi connectivity index (χ3n) is 3.91. The van der Waals surface area contributed by atoms with Crippen molar-refractivity contribution < 1.29 is 5.17 Å². The van der Waals surface area contributed by atoms with E-state index in [0.717, 1.165) is 24.2 Å². The molecule has 3 rings (SSSR count). The van der Waals surface area contributed by atoms with E-state index in [1.54, 1.807) is 0 Å². The highest BCUT2D eigenvalue weighted by molar-refractivity contribution is 5.64. The third-order valence-corrected chi connectivity index (χ3v) is 3.91. The SMILES string of the molecule is [O-][NH+](NCNN1CCCC1)c1ccc(-c2ccccc2)cc1. The minimum atomic E-state index is -0.0497. The molecular weight excluding hydrogens is 276 g/mol. The van der Waals surface area contributed by atoms with Gasteiger partial charge in [0.2, 0.25) is 0 Å². The third kappa shape index (κ3) is 3.91. The Morgan fingerprint density at radius 3 is 2.23 bits per heavy atom. The zero-order chi connectivity index (χ0) is 15.2. The van der Waals surface area contributed by atoms with Gasteiger partial charge in [-0.3, -0.25) is 5.17 Å². The van der Waals surface area contributed by atoms with E-state index in [4.69, 9.17) is 0 Å². The van der Waals surface area contributed by atoms with Crippen LogP contribution in [0.3, 0.4) is 0 Å². The standard InChI is InChI=1S/C17H22N4O/c22-21(19-14-18-20-12-4-5-13-20)17-10-8-16(9-11-17)15-6-2-1-3-7-15/h1-3,6-11,18-19,21H,4-5,12-14H2. The molecule has 1 heterocycles. The van der Waals surface area contributed by atoms with E-state index in [0.29, 0.717) is 12.4 Å². The Balaban J connectivity index is 1.53. The molecule has 1 saturated heterocycles. The molecular formula is C17H22N4O. The molecule has 5 heteroatoms. The lowest BCUT2D eigenvalue weighted by Gasteiger charge is -2.24. The first kappa shape index (κ1) is 15.1. The molecule has 0 amide bonds. The number of nitrogens with one attached hydrogen (secondary N) is 3. The van der Waals surface area contributed by atoms with Gasteiger partial charge in [-0.2, -0.15) is 0 Å². The van der Waals surface area contributed by atoms with Crippen LogP contribution in [-0.4, -0.2) is 24.8 Å². The molecule has 2 aromatic carbocycles. The molecule has 0 radical (unpaired) electrons. The lowest BCUT2D eigenvalue weighted by atomic mass is 10.1. The average Bonchev–Trinajstić information content (AvgIpc) is 3.09. The van der Waals surface area contributed by atoms with Crippen molar-refractivity contribution in [3.63, 3.8) is 0 Å². The van der Waals surface area contributed by atoms with Crippen LogP contribution in [-0.2, 0) is 0 Å². The van der Waals surface area contributed by atoms with Gasteiger partial charge in [-0.1, -0.05) is 30.3 Å². The Morgan fingerprint density at radius 2 is 1.55 bits per heavy atom. The van der Waals surface area contributed by atoms with Crippen molar-refractivity contribution >= 4 is 5.69 Å². The van der Waals surface area contributed by atoms with Crippen LogP contribution < -0.4 is 16.0 Å². The average molecular weight is 298 g/mol. The van der Waals surface area contributed by atoms with Crippen LogP contribution in [0.4, 0.5) is 5.69 Å². The van der Waals surface area contributed by atoms with E-state index < -0.39 is 0 Å².